The first-order valence-corrected chi connectivity index (χ1v) is 4.25. The third-order valence-corrected chi connectivity index (χ3v) is 0.694. The van der Waals surface area contributed by atoms with Gasteiger partial charge in [0.1, 0.15) is 13.2 Å². The number of hydrogen-bond acceptors (Lipinski definition) is 4. The topological polar surface area (TPSA) is 52.6 Å². The number of esters is 2. The molecule has 0 atom stereocenters. The minimum Gasteiger partial charge on any atom is -0.462 e. The summed E-state index contributed by atoms with van der Waals surface area (Å²) in [5.41, 5.74) is 1.17. The van der Waals surface area contributed by atoms with Gasteiger partial charge in [0.15, 0.2) is 0 Å². The van der Waals surface area contributed by atoms with Gasteiger partial charge in [-0.05, 0) is 13.8 Å². The summed E-state index contributed by atoms with van der Waals surface area (Å²) in [6.07, 6.45) is 0. The molecule has 0 spiro atoms. The third-order valence-electron chi connectivity index (χ3n) is 0.694. The van der Waals surface area contributed by atoms with Crippen LogP contribution in [-0.2, 0) is 19.1 Å². The van der Waals surface area contributed by atoms with E-state index in [1.807, 2.05) is 13.8 Å². The summed E-state index contributed by atoms with van der Waals surface area (Å²) < 4.78 is 8.95. The molecule has 0 heterocycles. The first-order valence-electron chi connectivity index (χ1n) is 4.25. The fourth-order valence-electron chi connectivity index (χ4n) is 0.371. The van der Waals surface area contributed by atoms with Crippen LogP contribution < -0.4 is 0 Å². The summed E-state index contributed by atoms with van der Waals surface area (Å²) >= 11 is 0. The molecule has 0 saturated heterocycles. The van der Waals surface area contributed by atoms with Crippen molar-refractivity contribution < 1.29 is 19.1 Å². The highest BCUT2D eigenvalue weighted by atomic mass is 16.6. The highest BCUT2D eigenvalue weighted by Gasteiger charge is 1.94. The Balaban J connectivity index is 0. The van der Waals surface area contributed by atoms with Crippen molar-refractivity contribution in [1.82, 2.24) is 0 Å². The minimum atomic E-state index is -0.368. The van der Waals surface area contributed by atoms with E-state index in [0.717, 1.165) is 0 Å². The zero-order chi connectivity index (χ0) is 11.6. The van der Waals surface area contributed by atoms with Gasteiger partial charge in [0.05, 0.1) is 0 Å². The van der Waals surface area contributed by atoms with Crippen LogP contribution >= 0.6 is 0 Å². The van der Waals surface area contributed by atoms with Crippen LogP contribution in [0.4, 0.5) is 0 Å². The summed E-state index contributed by atoms with van der Waals surface area (Å²) in [4.78, 5) is 20.3. The second kappa shape index (κ2) is 9.77. The van der Waals surface area contributed by atoms with Crippen LogP contribution in [0, 0.1) is 0 Å². The van der Waals surface area contributed by atoms with E-state index in [4.69, 9.17) is 0 Å². The molecular formula is C10H18O4. The average Bonchev–Trinajstić information content (AvgIpc) is 1.96. The molecule has 4 heteroatoms. The van der Waals surface area contributed by atoms with Crippen molar-refractivity contribution in [2.24, 2.45) is 0 Å². The fraction of sp³-hybridized carbons (Fsp3) is 0.600. The molecule has 14 heavy (non-hydrogen) atoms. The Bertz CT molecular complexity index is 176. The van der Waals surface area contributed by atoms with Gasteiger partial charge in [0, 0.05) is 13.8 Å². The molecule has 0 aromatic rings. The van der Waals surface area contributed by atoms with E-state index >= 15 is 0 Å². The highest BCUT2D eigenvalue weighted by Crippen LogP contribution is 1.79. The van der Waals surface area contributed by atoms with Gasteiger partial charge in [-0.1, -0.05) is 5.57 Å². The van der Waals surface area contributed by atoms with Crippen LogP contribution in [0.1, 0.15) is 27.7 Å². The van der Waals surface area contributed by atoms with Gasteiger partial charge in [0.25, 0.3) is 0 Å². The molecule has 0 aromatic heterocycles. The Morgan fingerprint density at radius 3 is 1.29 bits per heavy atom. The van der Waals surface area contributed by atoms with Crippen LogP contribution in [0.5, 0.6) is 0 Å². The zero-order valence-corrected chi connectivity index (χ0v) is 9.25. The van der Waals surface area contributed by atoms with Crippen molar-refractivity contribution in [2.45, 2.75) is 27.7 Å². The van der Waals surface area contributed by atoms with Gasteiger partial charge in [-0.15, -0.1) is 6.58 Å². The predicted molar refractivity (Wildman–Crippen MR) is 53.8 cm³/mol. The van der Waals surface area contributed by atoms with Crippen molar-refractivity contribution >= 4 is 11.9 Å². The Morgan fingerprint density at radius 1 is 0.929 bits per heavy atom. The third kappa shape index (κ3) is 31.0. The van der Waals surface area contributed by atoms with Gasteiger partial charge in [-0.3, -0.25) is 9.59 Å². The number of rotatable bonds is 3. The van der Waals surface area contributed by atoms with Gasteiger partial charge in [0.2, 0.25) is 0 Å². The second-order valence-electron chi connectivity index (χ2n) is 2.89. The SMILES string of the molecule is C=C(C)C.CC(=O)OCCOC(C)=O. The van der Waals surface area contributed by atoms with E-state index in [2.05, 4.69) is 16.1 Å². The number of hydrogen-bond donors (Lipinski definition) is 0. The maximum Gasteiger partial charge on any atom is 0.302 e. The molecule has 4 nitrogen and oxygen atoms in total. The van der Waals surface area contributed by atoms with E-state index in [-0.39, 0.29) is 25.2 Å². The molecule has 0 aromatic carbocycles. The van der Waals surface area contributed by atoms with Crippen LogP contribution in [0.2, 0.25) is 0 Å². The van der Waals surface area contributed by atoms with Crippen LogP contribution in [-0.4, -0.2) is 25.2 Å². The van der Waals surface area contributed by atoms with Crippen molar-refractivity contribution in [3.8, 4) is 0 Å². The molecule has 0 aliphatic carbocycles. The first-order chi connectivity index (χ1) is 6.36. The fourth-order valence-corrected chi connectivity index (χ4v) is 0.371. The van der Waals surface area contributed by atoms with Crippen LogP contribution in [0.3, 0.4) is 0 Å². The molecule has 0 saturated carbocycles. The monoisotopic (exact) mass is 202 g/mol. The van der Waals surface area contributed by atoms with Crippen molar-refractivity contribution in [3.05, 3.63) is 12.2 Å². The Kier molecular flexibility index (Phi) is 10.6. The summed E-state index contributed by atoms with van der Waals surface area (Å²) in [5, 5.41) is 0. The number of ether oxygens (including phenoxy) is 2. The van der Waals surface area contributed by atoms with Gasteiger partial charge in [-0.2, -0.15) is 0 Å². The zero-order valence-electron chi connectivity index (χ0n) is 9.25. The largest absolute Gasteiger partial charge is 0.462 e. The molecule has 0 N–H and O–H groups in total. The van der Waals surface area contributed by atoms with E-state index < -0.39 is 0 Å². The van der Waals surface area contributed by atoms with E-state index in [9.17, 15) is 9.59 Å². The normalized spacial score (nSPS) is 8.00. The molecule has 0 amide bonds. The second-order valence-corrected chi connectivity index (χ2v) is 2.89. The maximum absolute atomic E-state index is 10.1. The van der Waals surface area contributed by atoms with E-state index in [1.165, 1.54) is 19.4 Å². The van der Waals surface area contributed by atoms with E-state index in [1.54, 1.807) is 0 Å². The predicted octanol–water partition coefficient (Wildman–Crippen LogP) is 1.70. The summed E-state index contributed by atoms with van der Waals surface area (Å²) in [6.45, 7) is 10.4. The standard InChI is InChI=1S/C6H10O4.C4H8/c1-5(7)9-3-4-10-6(2)8;1-4(2)3/h3-4H2,1-2H3;1H2,2-3H3. The maximum atomic E-state index is 10.1. The molecular weight excluding hydrogens is 184 g/mol. The molecule has 0 aliphatic rings. The molecule has 0 aliphatic heterocycles. The van der Waals surface area contributed by atoms with Crippen molar-refractivity contribution in [3.63, 3.8) is 0 Å². The molecule has 0 unspecified atom stereocenters. The lowest BCUT2D eigenvalue weighted by Crippen LogP contribution is -2.09. The lowest BCUT2D eigenvalue weighted by atomic mass is 10.4. The lowest BCUT2D eigenvalue weighted by Gasteiger charge is -2.00. The Hall–Kier alpha value is -1.32. The lowest BCUT2D eigenvalue weighted by molar-refractivity contribution is -0.149. The first kappa shape index (κ1) is 15.2. The Labute approximate surface area is 84.9 Å². The van der Waals surface area contributed by atoms with Gasteiger partial charge < -0.3 is 9.47 Å². The van der Waals surface area contributed by atoms with Crippen molar-refractivity contribution in [1.29, 1.82) is 0 Å². The van der Waals surface area contributed by atoms with Gasteiger partial charge in [-0.25, -0.2) is 0 Å². The molecule has 0 bridgehead atoms. The minimum absolute atomic E-state index is 0.134. The van der Waals surface area contributed by atoms with Gasteiger partial charge >= 0.3 is 11.9 Å². The number of carbonyl (C=O) groups excluding carboxylic acids is 2. The van der Waals surface area contributed by atoms with Crippen molar-refractivity contribution in [2.75, 3.05) is 13.2 Å². The molecule has 82 valence electrons. The summed E-state index contributed by atoms with van der Waals surface area (Å²) in [6, 6.07) is 0. The Morgan fingerprint density at radius 2 is 1.14 bits per heavy atom. The number of carbonyl (C=O) groups is 2. The highest BCUT2D eigenvalue weighted by molar-refractivity contribution is 5.66. The number of allylic oxidation sites excluding steroid dienone is 1. The van der Waals surface area contributed by atoms with Crippen LogP contribution in [0.25, 0.3) is 0 Å². The molecule has 0 rings (SSSR count). The summed E-state index contributed by atoms with van der Waals surface area (Å²) in [5.74, 6) is -0.737. The quantitative estimate of drug-likeness (QED) is 0.397. The molecule has 0 radical (unpaired) electrons. The summed E-state index contributed by atoms with van der Waals surface area (Å²) in [7, 11) is 0. The molecule has 0 fully saturated rings. The smallest absolute Gasteiger partial charge is 0.302 e. The average molecular weight is 202 g/mol. The van der Waals surface area contributed by atoms with E-state index in [0.29, 0.717) is 0 Å². The van der Waals surface area contributed by atoms with Crippen LogP contribution in [0.15, 0.2) is 12.2 Å².